The van der Waals surface area contributed by atoms with E-state index in [0.29, 0.717) is 13.2 Å². The zero-order valence-electron chi connectivity index (χ0n) is 10.8. The first-order chi connectivity index (χ1) is 8.81. The fourth-order valence-corrected chi connectivity index (χ4v) is 1.07. The van der Waals surface area contributed by atoms with Gasteiger partial charge in [0.2, 0.25) is 0 Å². The van der Waals surface area contributed by atoms with Crippen LogP contribution in [-0.4, -0.2) is 47.0 Å². The summed E-state index contributed by atoms with van der Waals surface area (Å²) < 4.78 is 69.4. The lowest BCUT2D eigenvalue weighted by molar-refractivity contribution is -0.222. The van der Waals surface area contributed by atoms with Crippen LogP contribution >= 0.6 is 0 Å². The molecule has 20 heavy (non-hydrogen) atoms. The zero-order chi connectivity index (χ0) is 14.8. The van der Waals surface area contributed by atoms with Crippen LogP contribution in [0.3, 0.4) is 0 Å². The first-order valence-electron chi connectivity index (χ1n) is 5.59. The van der Waals surface area contributed by atoms with E-state index in [9.17, 15) is 21.6 Å². The van der Waals surface area contributed by atoms with Gasteiger partial charge in [0.25, 0.3) is 0 Å². The molecule has 0 rings (SSSR count). The highest BCUT2D eigenvalue weighted by Crippen LogP contribution is 2.24. The molecule has 0 saturated carbocycles. The van der Waals surface area contributed by atoms with Crippen LogP contribution < -0.4 is 0 Å². The van der Waals surface area contributed by atoms with Gasteiger partial charge in [-0.1, -0.05) is 17.7 Å². The van der Waals surface area contributed by atoms with E-state index in [0.717, 1.165) is 12.8 Å². The Morgan fingerprint density at radius 1 is 0.950 bits per heavy atom. The number of hydrogen-bond donors (Lipinski definition) is 0. The second-order valence-electron chi connectivity index (χ2n) is 3.37. The van der Waals surface area contributed by atoms with Gasteiger partial charge in [-0.3, -0.25) is 4.70 Å². The SMILES string of the molecule is CCCCOCCOCCOOS(=O)(=O)C(F)(F)F.F. The summed E-state index contributed by atoms with van der Waals surface area (Å²) in [6.45, 7) is 2.67. The third-order valence-electron chi connectivity index (χ3n) is 1.75. The van der Waals surface area contributed by atoms with Crippen LogP contribution in [0.15, 0.2) is 0 Å². The number of alkyl halides is 3. The van der Waals surface area contributed by atoms with Crippen molar-refractivity contribution >= 4 is 10.1 Å². The molecule has 0 heterocycles. The van der Waals surface area contributed by atoms with Crippen LogP contribution in [0.5, 0.6) is 0 Å². The van der Waals surface area contributed by atoms with Gasteiger partial charge < -0.3 is 9.47 Å². The highest BCUT2D eigenvalue weighted by atomic mass is 32.2. The normalized spacial score (nSPS) is 12.2. The molecule has 124 valence electrons. The summed E-state index contributed by atoms with van der Waals surface area (Å²) in [5, 5.41) is 0. The molecule has 0 bridgehead atoms. The lowest BCUT2D eigenvalue weighted by Gasteiger charge is -2.08. The monoisotopic (exact) mass is 330 g/mol. The zero-order valence-corrected chi connectivity index (χ0v) is 11.7. The highest BCUT2D eigenvalue weighted by Gasteiger charge is 2.48. The molecule has 0 aliphatic carbocycles. The summed E-state index contributed by atoms with van der Waals surface area (Å²) in [6, 6.07) is 0. The highest BCUT2D eigenvalue weighted by molar-refractivity contribution is 7.87. The van der Waals surface area contributed by atoms with Crippen LogP contribution in [0.1, 0.15) is 19.8 Å². The molecule has 0 aliphatic rings. The minimum atomic E-state index is -5.71. The summed E-state index contributed by atoms with van der Waals surface area (Å²) in [6.07, 6.45) is 1.95. The van der Waals surface area contributed by atoms with Crippen molar-refractivity contribution in [3.8, 4) is 0 Å². The molecule has 0 amide bonds. The second kappa shape index (κ2) is 11.2. The van der Waals surface area contributed by atoms with Crippen LogP contribution in [0.4, 0.5) is 17.9 Å². The molecule has 0 aromatic carbocycles. The Labute approximate surface area is 114 Å². The summed E-state index contributed by atoms with van der Waals surface area (Å²) in [7, 11) is -5.71. The van der Waals surface area contributed by atoms with Gasteiger partial charge in [0.1, 0.15) is 6.61 Å². The molecule has 0 aromatic rings. The van der Waals surface area contributed by atoms with Gasteiger partial charge in [-0.25, -0.2) is 4.89 Å². The molecule has 0 fully saturated rings. The van der Waals surface area contributed by atoms with Crippen molar-refractivity contribution in [2.75, 3.05) is 33.0 Å². The Bertz CT molecular complexity index is 319. The Morgan fingerprint density at radius 3 is 1.95 bits per heavy atom. The standard InChI is InChI=1S/C9H17F3O6S.FH/c1-2-3-4-15-5-6-16-7-8-17-18-19(13,14)9(10,11)12;/h2-8H2,1H3;1H. The Balaban J connectivity index is 0. The molecule has 0 aliphatic heterocycles. The quantitative estimate of drug-likeness (QED) is 0.189. The van der Waals surface area contributed by atoms with Crippen molar-refractivity contribution in [1.82, 2.24) is 0 Å². The predicted molar refractivity (Wildman–Crippen MR) is 61.1 cm³/mol. The van der Waals surface area contributed by atoms with Gasteiger partial charge in [0.05, 0.1) is 19.8 Å². The maximum Gasteiger partial charge on any atom is 0.525 e. The Hall–Kier alpha value is -0.490. The van der Waals surface area contributed by atoms with Gasteiger partial charge >= 0.3 is 15.6 Å². The largest absolute Gasteiger partial charge is 0.525 e. The van der Waals surface area contributed by atoms with Crippen molar-refractivity contribution in [1.29, 1.82) is 0 Å². The van der Waals surface area contributed by atoms with E-state index < -0.39 is 22.2 Å². The fourth-order valence-electron chi connectivity index (χ4n) is 0.797. The van der Waals surface area contributed by atoms with Gasteiger partial charge in [0, 0.05) is 6.61 Å². The van der Waals surface area contributed by atoms with Crippen molar-refractivity contribution < 1.29 is 45.0 Å². The second-order valence-corrected chi connectivity index (χ2v) is 4.88. The topological polar surface area (TPSA) is 71.1 Å². The Kier molecular flexibility index (Phi) is 12.2. The molecule has 0 saturated heterocycles. The van der Waals surface area contributed by atoms with Crippen LogP contribution in [0.25, 0.3) is 0 Å². The molecule has 0 atom stereocenters. The van der Waals surface area contributed by atoms with Crippen molar-refractivity contribution in [2.24, 2.45) is 0 Å². The van der Waals surface area contributed by atoms with Crippen LogP contribution in [-0.2, 0) is 28.8 Å². The minimum absolute atomic E-state index is 0. The average molecular weight is 330 g/mol. The van der Waals surface area contributed by atoms with E-state index >= 15 is 0 Å². The van der Waals surface area contributed by atoms with Gasteiger partial charge in [0.15, 0.2) is 0 Å². The number of unbranched alkanes of at least 4 members (excludes halogenated alkanes) is 1. The first kappa shape index (κ1) is 21.8. The fraction of sp³-hybridized carbons (Fsp3) is 1.00. The van der Waals surface area contributed by atoms with Gasteiger partial charge in [-0.15, -0.1) is 0 Å². The molecule has 0 aromatic heterocycles. The number of ether oxygens (including phenoxy) is 2. The molecular formula is C9H18F4O6S. The lowest BCUT2D eigenvalue weighted by atomic mass is 10.4. The third-order valence-corrected chi connectivity index (χ3v) is 2.59. The van der Waals surface area contributed by atoms with E-state index in [2.05, 4.69) is 9.22 Å². The predicted octanol–water partition coefficient (Wildman–Crippen LogP) is 1.77. The first-order valence-corrected chi connectivity index (χ1v) is 7.00. The van der Waals surface area contributed by atoms with E-state index in [1.165, 1.54) is 0 Å². The molecule has 0 N–H and O–H groups in total. The lowest BCUT2D eigenvalue weighted by Crippen LogP contribution is -2.26. The van der Waals surface area contributed by atoms with Crippen molar-refractivity contribution in [3.05, 3.63) is 0 Å². The van der Waals surface area contributed by atoms with Gasteiger partial charge in [-0.2, -0.15) is 21.6 Å². The smallest absolute Gasteiger partial charge is 0.379 e. The Morgan fingerprint density at radius 2 is 1.45 bits per heavy atom. The summed E-state index contributed by atoms with van der Waals surface area (Å²) in [4.78, 5) is 3.90. The van der Waals surface area contributed by atoms with Crippen molar-refractivity contribution in [3.63, 3.8) is 0 Å². The third kappa shape index (κ3) is 10.3. The molecule has 6 nitrogen and oxygen atoms in total. The van der Waals surface area contributed by atoms with Gasteiger partial charge in [-0.05, 0) is 6.42 Å². The molecular weight excluding hydrogens is 312 g/mol. The van der Waals surface area contributed by atoms with E-state index in [-0.39, 0.29) is 17.9 Å². The van der Waals surface area contributed by atoms with E-state index in [1.807, 2.05) is 6.92 Å². The number of hydrogen-bond acceptors (Lipinski definition) is 6. The summed E-state index contributed by atoms with van der Waals surface area (Å²) in [5.74, 6) is 0. The van der Waals surface area contributed by atoms with E-state index in [4.69, 9.17) is 9.47 Å². The number of rotatable bonds is 11. The summed E-state index contributed by atoms with van der Waals surface area (Å²) in [5.41, 5.74) is -5.50. The molecule has 0 spiro atoms. The van der Waals surface area contributed by atoms with Crippen LogP contribution in [0, 0.1) is 0 Å². The minimum Gasteiger partial charge on any atom is -0.379 e. The van der Waals surface area contributed by atoms with E-state index in [1.54, 1.807) is 0 Å². The van der Waals surface area contributed by atoms with Crippen LogP contribution in [0.2, 0.25) is 0 Å². The number of halogens is 4. The molecule has 0 radical (unpaired) electrons. The maximum absolute atomic E-state index is 11.8. The van der Waals surface area contributed by atoms with Crippen molar-refractivity contribution in [2.45, 2.75) is 25.3 Å². The summed E-state index contributed by atoms with van der Waals surface area (Å²) >= 11 is 0. The average Bonchev–Trinajstić information content (AvgIpc) is 2.30. The molecule has 0 unspecified atom stereocenters. The molecule has 11 heteroatoms. The maximum atomic E-state index is 11.8.